The van der Waals surface area contributed by atoms with E-state index in [1.807, 2.05) is 17.0 Å². The first-order chi connectivity index (χ1) is 12.0. The van der Waals surface area contributed by atoms with E-state index in [0.717, 1.165) is 25.7 Å². The zero-order chi connectivity index (χ0) is 17.6. The van der Waals surface area contributed by atoms with Crippen LogP contribution in [0.4, 0.5) is 0 Å². The number of sulfonamides is 1. The second-order valence-electron chi connectivity index (χ2n) is 7.69. The number of aryl methyl sites for hydroxylation is 2. The monoisotopic (exact) mass is 362 g/mol. The first-order valence-electron chi connectivity index (χ1n) is 9.37. The number of hydrogen-bond donors (Lipinski definition) is 0. The van der Waals surface area contributed by atoms with Crippen LogP contribution in [0.1, 0.15) is 37.3 Å². The molecular weight excluding hydrogens is 336 g/mol. The summed E-state index contributed by atoms with van der Waals surface area (Å²) in [7, 11) is -3.46. The van der Waals surface area contributed by atoms with Gasteiger partial charge in [-0.05, 0) is 61.3 Å². The maximum Gasteiger partial charge on any atom is 0.243 e. The third kappa shape index (κ3) is 3.22. The molecule has 0 bridgehead atoms. The average molecular weight is 362 g/mol. The number of nitrogens with zero attached hydrogens (tertiary/aromatic N) is 2. The van der Waals surface area contributed by atoms with Crippen LogP contribution in [0, 0.1) is 11.8 Å². The Labute approximate surface area is 150 Å². The molecule has 2 atom stereocenters. The average Bonchev–Trinajstić information content (AvgIpc) is 3.37. The summed E-state index contributed by atoms with van der Waals surface area (Å²) in [5.74, 6) is 0.867. The second-order valence-corrected chi connectivity index (χ2v) is 9.62. The van der Waals surface area contributed by atoms with Crippen molar-refractivity contribution in [2.24, 2.45) is 11.8 Å². The predicted octanol–water partition coefficient (Wildman–Crippen LogP) is 2.05. The molecule has 25 heavy (non-hydrogen) atoms. The van der Waals surface area contributed by atoms with E-state index >= 15 is 0 Å². The fourth-order valence-corrected chi connectivity index (χ4v) is 5.54. The van der Waals surface area contributed by atoms with Crippen LogP contribution in [0.15, 0.2) is 23.1 Å². The summed E-state index contributed by atoms with van der Waals surface area (Å²) < 4.78 is 27.5. The Bertz CT molecular complexity index is 782. The van der Waals surface area contributed by atoms with E-state index in [0.29, 0.717) is 37.0 Å². The number of benzene rings is 1. The summed E-state index contributed by atoms with van der Waals surface area (Å²) in [5.41, 5.74) is 2.48. The van der Waals surface area contributed by atoms with E-state index in [1.165, 1.54) is 21.9 Å². The third-order valence-electron chi connectivity index (χ3n) is 5.93. The first-order valence-corrected chi connectivity index (χ1v) is 10.8. The molecule has 1 heterocycles. The highest BCUT2D eigenvalue weighted by Gasteiger charge is 2.42. The minimum Gasteiger partial charge on any atom is -0.340 e. The molecule has 1 saturated carbocycles. The van der Waals surface area contributed by atoms with E-state index in [-0.39, 0.29) is 11.8 Å². The van der Waals surface area contributed by atoms with Crippen molar-refractivity contribution >= 4 is 15.9 Å². The molecule has 1 saturated heterocycles. The molecule has 4 rings (SSSR count). The van der Waals surface area contributed by atoms with E-state index in [1.54, 1.807) is 6.07 Å². The van der Waals surface area contributed by atoms with Crippen molar-refractivity contribution in [1.82, 2.24) is 9.21 Å². The van der Waals surface area contributed by atoms with Crippen molar-refractivity contribution in [2.75, 3.05) is 26.2 Å². The highest BCUT2D eigenvalue weighted by atomic mass is 32.2. The van der Waals surface area contributed by atoms with Gasteiger partial charge in [-0.2, -0.15) is 4.31 Å². The number of fused-ring (bicyclic) bond motifs is 1. The van der Waals surface area contributed by atoms with Gasteiger partial charge in [0.05, 0.1) is 4.90 Å². The number of rotatable bonds is 3. The Morgan fingerprint density at radius 2 is 1.68 bits per heavy atom. The lowest BCUT2D eigenvalue weighted by molar-refractivity contribution is -0.134. The Balaban J connectivity index is 1.45. The van der Waals surface area contributed by atoms with Gasteiger partial charge in [0, 0.05) is 32.1 Å². The number of amides is 1. The highest BCUT2D eigenvalue weighted by Crippen LogP contribution is 2.39. The van der Waals surface area contributed by atoms with Gasteiger partial charge in [-0.15, -0.1) is 0 Å². The second kappa shape index (κ2) is 6.40. The molecule has 1 amide bonds. The van der Waals surface area contributed by atoms with Gasteiger partial charge in [0.25, 0.3) is 0 Å². The molecule has 1 aromatic carbocycles. The Kier molecular flexibility index (Phi) is 4.36. The molecule has 2 aliphatic carbocycles. The predicted molar refractivity (Wildman–Crippen MR) is 95.7 cm³/mol. The van der Waals surface area contributed by atoms with Gasteiger partial charge in [0.15, 0.2) is 0 Å². The van der Waals surface area contributed by atoms with Crippen LogP contribution in [-0.4, -0.2) is 49.7 Å². The zero-order valence-corrected chi connectivity index (χ0v) is 15.6. The standard InChI is InChI=1S/C19H26N2O3S/c1-14-12-18(14)19(22)20-8-10-21(11-9-20)25(23,24)17-7-6-15-4-2-3-5-16(15)13-17/h6-7,13-14,18H,2-5,8-12H2,1H3. The largest absolute Gasteiger partial charge is 0.340 e. The van der Waals surface area contributed by atoms with Crippen LogP contribution in [0.5, 0.6) is 0 Å². The molecule has 1 aliphatic heterocycles. The maximum atomic E-state index is 13.0. The molecule has 136 valence electrons. The minimum atomic E-state index is -3.46. The SMILES string of the molecule is CC1CC1C(=O)N1CCN(S(=O)(=O)c2ccc3c(c2)CCCC3)CC1. The molecule has 5 nitrogen and oxygen atoms in total. The number of carbonyl (C=O) groups is 1. The van der Waals surface area contributed by atoms with Gasteiger partial charge >= 0.3 is 0 Å². The maximum absolute atomic E-state index is 13.0. The van der Waals surface area contributed by atoms with E-state index in [9.17, 15) is 13.2 Å². The summed E-state index contributed by atoms with van der Waals surface area (Å²) in [5, 5.41) is 0. The van der Waals surface area contributed by atoms with Crippen LogP contribution in [0.25, 0.3) is 0 Å². The van der Waals surface area contributed by atoms with Crippen LogP contribution in [0.3, 0.4) is 0 Å². The fourth-order valence-electron chi connectivity index (χ4n) is 4.07. The van der Waals surface area contributed by atoms with Gasteiger partial charge in [-0.3, -0.25) is 4.79 Å². The van der Waals surface area contributed by atoms with E-state index in [4.69, 9.17) is 0 Å². The topological polar surface area (TPSA) is 57.7 Å². The normalized spacial score (nSPS) is 27.0. The summed E-state index contributed by atoms with van der Waals surface area (Å²) in [6.45, 7) is 3.90. The molecule has 0 radical (unpaired) electrons. The van der Waals surface area contributed by atoms with Gasteiger partial charge in [0.1, 0.15) is 0 Å². The molecule has 0 aromatic heterocycles. The van der Waals surface area contributed by atoms with Crippen LogP contribution in [0.2, 0.25) is 0 Å². The quantitative estimate of drug-likeness (QED) is 0.827. The highest BCUT2D eigenvalue weighted by molar-refractivity contribution is 7.89. The van der Waals surface area contributed by atoms with Crippen molar-refractivity contribution in [3.05, 3.63) is 29.3 Å². The number of hydrogen-bond acceptors (Lipinski definition) is 3. The molecule has 2 unspecified atom stereocenters. The lowest BCUT2D eigenvalue weighted by atomic mass is 9.92. The van der Waals surface area contributed by atoms with Gasteiger partial charge in [-0.25, -0.2) is 8.42 Å². The summed E-state index contributed by atoms with van der Waals surface area (Å²) in [6.07, 6.45) is 5.33. The van der Waals surface area contributed by atoms with Crippen LogP contribution < -0.4 is 0 Å². The van der Waals surface area contributed by atoms with Gasteiger partial charge in [0.2, 0.25) is 15.9 Å². The van der Waals surface area contributed by atoms with Crippen molar-refractivity contribution < 1.29 is 13.2 Å². The minimum absolute atomic E-state index is 0.170. The van der Waals surface area contributed by atoms with Crippen molar-refractivity contribution in [1.29, 1.82) is 0 Å². The fraction of sp³-hybridized carbons (Fsp3) is 0.632. The third-order valence-corrected chi connectivity index (χ3v) is 7.83. The molecule has 3 aliphatic rings. The molecule has 2 fully saturated rings. The van der Waals surface area contributed by atoms with E-state index < -0.39 is 10.0 Å². The van der Waals surface area contributed by atoms with Crippen LogP contribution >= 0.6 is 0 Å². The molecule has 0 N–H and O–H groups in total. The van der Waals surface area contributed by atoms with Crippen LogP contribution in [-0.2, 0) is 27.7 Å². The number of piperazine rings is 1. The van der Waals surface area contributed by atoms with Crippen molar-refractivity contribution in [3.63, 3.8) is 0 Å². The molecule has 1 aromatic rings. The lowest BCUT2D eigenvalue weighted by Crippen LogP contribution is -2.51. The van der Waals surface area contributed by atoms with Gasteiger partial charge in [-0.1, -0.05) is 13.0 Å². The molecule has 0 spiro atoms. The molecular formula is C19H26N2O3S. The summed E-state index contributed by atoms with van der Waals surface area (Å²) in [6, 6.07) is 5.60. The number of carbonyl (C=O) groups excluding carboxylic acids is 1. The Morgan fingerprint density at radius 3 is 2.32 bits per heavy atom. The van der Waals surface area contributed by atoms with Gasteiger partial charge < -0.3 is 4.90 Å². The Hall–Kier alpha value is -1.40. The van der Waals surface area contributed by atoms with E-state index in [2.05, 4.69) is 6.92 Å². The summed E-state index contributed by atoms with van der Waals surface area (Å²) in [4.78, 5) is 14.6. The van der Waals surface area contributed by atoms with Crippen molar-refractivity contribution in [2.45, 2.75) is 43.9 Å². The smallest absolute Gasteiger partial charge is 0.243 e. The Morgan fingerprint density at radius 1 is 1.04 bits per heavy atom. The van der Waals surface area contributed by atoms with Crippen molar-refractivity contribution in [3.8, 4) is 0 Å². The molecule has 6 heteroatoms. The summed E-state index contributed by atoms with van der Waals surface area (Å²) >= 11 is 0. The zero-order valence-electron chi connectivity index (χ0n) is 14.8. The lowest BCUT2D eigenvalue weighted by Gasteiger charge is -2.34. The first kappa shape index (κ1) is 17.0.